The van der Waals surface area contributed by atoms with Gasteiger partial charge in [-0.15, -0.1) is 0 Å². The van der Waals surface area contributed by atoms with Crippen LogP contribution in [0.25, 0.3) is 0 Å². The molecule has 13 heavy (non-hydrogen) atoms. The van der Waals surface area contributed by atoms with Gasteiger partial charge in [-0.05, 0) is 31.9 Å². The average Bonchev–Trinajstić information content (AvgIpc) is 2.48. The van der Waals surface area contributed by atoms with Crippen LogP contribution in [0.3, 0.4) is 0 Å². The third kappa shape index (κ3) is 4.34. The highest BCUT2D eigenvalue weighted by atomic mass is 32.2. The number of hydrogen-bond donors (Lipinski definition) is 2. The molecule has 0 saturated heterocycles. The van der Waals surface area contributed by atoms with E-state index in [0.717, 1.165) is 0 Å². The zero-order valence-electron chi connectivity index (χ0n) is 8.75. The molecular weight excluding hydrogens is 180 g/mol. The van der Waals surface area contributed by atoms with Gasteiger partial charge in [0, 0.05) is 23.9 Å². The molecule has 2 nitrogen and oxygen atoms in total. The minimum Gasteiger partial charge on any atom is -0.328 e. The molecule has 0 bridgehead atoms. The molecule has 1 rings (SSSR count). The minimum atomic E-state index is 0.448. The lowest BCUT2D eigenvalue weighted by Crippen LogP contribution is -2.37. The van der Waals surface area contributed by atoms with Gasteiger partial charge >= 0.3 is 0 Å². The summed E-state index contributed by atoms with van der Waals surface area (Å²) in [5, 5.41) is 3.64. The van der Waals surface area contributed by atoms with Gasteiger partial charge in [0.15, 0.2) is 0 Å². The first-order valence-corrected chi connectivity index (χ1v) is 6.47. The summed E-state index contributed by atoms with van der Waals surface area (Å²) in [7, 11) is 0. The molecule has 0 radical (unpaired) electrons. The van der Waals surface area contributed by atoms with Gasteiger partial charge in [0.05, 0.1) is 0 Å². The second-order valence-corrected chi connectivity index (χ2v) is 5.32. The summed E-state index contributed by atoms with van der Waals surface area (Å²) in [5.74, 6) is 2.44. The van der Waals surface area contributed by atoms with Crippen LogP contribution in [0.5, 0.6) is 0 Å². The Balaban J connectivity index is 2.09. The summed E-state index contributed by atoms with van der Waals surface area (Å²) < 4.78 is 0. The second-order valence-electron chi connectivity index (χ2n) is 4.00. The monoisotopic (exact) mass is 202 g/mol. The summed E-state index contributed by atoms with van der Waals surface area (Å²) in [6.07, 6.45) is 3.63. The van der Waals surface area contributed by atoms with Crippen LogP contribution in [0, 0.1) is 0 Å². The number of thioether (sulfide) groups is 1. The van der Waals surface area contributed by atoms with E-state index in [-0.39, 0.29) is 0 Å². The molecule has 1 fully saturated rings. The van der Waals surface area contributed by atoms with Gasteiger partial charge < -0.3 is 11.1 Å². The Morgan fingerprint density at radius 2 is 2.31 bits per heavy atom. The molecule has 1 aliphatic carbocycles. The third-order valence-electron chi connectivity index (χ3n) is 2.57. The minimum absolute atomic E-state index is 0.448. The van der Waals surface area contributed by atoms with Gasteiger partial charge in [0.2, 0.25) is 0 Å². The fourth-order valence-corrected chi connectivity index (χ4v) is 2.60. The zero-order valence-corrected chi connectivity index (χ0v) is 9.57. The van der Waals surface area contributed by atoms with E-state index in [0.29, 0.717) is 18.1 Å². The molecule has 3 atom stereocenters. The van der Waals surface area contributed by atoms with Crippen LogP contribution in [0.1, 0.15) is 33.1 Å². The van der Waals surface area contributed by atoms with E-state index >= 15 is 0 Å². The molecule has 0 amide bonds. The van der Waals surface area contributed by atoms with Crippen LogP contribution in [-0.4, -0.2) is 29.6 Å². The summed E-state index contributed by atoms with van der Waals surface area (Å²) in [6, 6.07) is 1.77. The highest BCUT2D eigenvalue weighted by molar-refractivity contribution is 7.99. The number of hydrogen-bond acceptors (Lipinski definition) is 3. The van der Waals surface area contributed by atoms with Crippen molar-refractivity contribution in [3.05, 3.63) is 0 Å². The van der Waals surface area contributed by atoms with E-state index in [2.05, 4.69) is 19.2 Å². The van der Waals surface area contributed by atoms with Gasteiger partial charge in [-0.1, -0.05) is 6.92 Å². The van der Waals surface area contributed by atoms with Crippen molar-refractivity contribution in [3.8, 4) is 0 Å². The van der Waals surface area contributed by atoms with Crippen LogP contribution in [0.15, 0.2) is 0 Å². The molecule has 3 N–H and O–H groups in total. The van der Waals surface area contributed by atoms with Crippen LogP contribution in [0.2, 0.25) is 0 Å². The fourth-order valence-electron chi connectivity index (χ4n) is 1.91. The molecule has 3 heteroatoms. The normalized spacial score (nSPS) is 30.7. The Labute approximate surface area is 86.0 Å². The topological polar surface area (TPSA) is 38.0 Å². The molecule has 0 spiro atoms. The van der Waals surface area contributed by atoms with Gasteiger partial charge in [0.25, 0.3) is 0 Å². The first-order valence-electron chi connectivity index (χ1n) is 5.31. The number of nitrogens with one attached hydrogen (secondary N) is 1. The van der Waals surface area contributed by atoms with Crippen molar-refractivity contribution < 1.29 is 0 Å². The van der Waals surface area contributed by atoms with Gasteiger partial charge in [0.1, 0.15) is 0 Å². The SMILES string of the molecule is CCSCC(C)NC1CCC(N)C1. The van der Waals surface area contributed by atoms with Gasteiger partial charge in [-0.3, -0.25) is 0 Å². The third-order valence-corrected chi connectivity index (χ3v) is 3.71. The number of rotatable bonds is 5. The van der Waals surface area contributed by atoms with Crippen LogP contribution < -0.4 is 11.1 Å². The van der Waals surface area contributed by atoms with Crippen molar-refractivity contribution in [1.82, 2.24) is 5.32 Å². The molecule has 0 heterocycles. The van der Waals surface area contributed by atoms with E-state index in [4.69, 9.17) is 5.73 Å². The van der Waals surface area contributed by atoms with E-state index < -0.39 is 0 Å². The lowest BCUT2D eigenvalue weighted by atomic mass is 10.2. The van der Waals surface area contributed by atoms with Crippen molar-refractivity contribution in [2.24, 2.45) is 5.73 Å². The Kier molecular flexibility index (Phi) is 5.14. The highest BCUT2D eigenvalue weighted by Gasteiger charge is 2.22. The smallest absolute Gasteiger partial charge is 0.0132 e. The van der Waals surface area contributed by atoms with E-state index in [1.165, 1.54) is 30.8 Å². The molecule has 0 aromatic carbocycles. The summed E-state index contributed by atoms with van der Waals surface area (Å²) in [4.78, 5) is 0. The molecule has 1 saturated carbocycles. The molecule has 3 unspecified atom stereocenters. The Morgan fingerprint density at radius 1 is 1.54 bits per heavy atom. The molecule has 0 aliphatic heterocycles. The fraction of sp³-hybridized carbons (Fsp3) is 1.00. The Bertz CT molecular complexity index is 141. The maximum absolute atomic E-state index is 5.86. The molecule has 78 valence electrons. The average molecular weight is 202 g/mol. The molecule has 0 aromatic rings. The Hall–Kier alpha value is 0.270. The largest absolute Gasteiger partial charge is 0.328 e. The van der Waals surface area contributed by atoms with Gasteiger partial charge in [-0.25, -0.2) is 0 Å². The predicted molar refractivity (Wildman–Crippen MR) is 61.2 cm³/mol. The summed E-state index contributed by atoms with van der Waals surface area (Å²) in [5.41, 5.74) is 5.86. The van der Waals surface area contributed by atoms with E-state index in [1.807, 2.05) is 11.8 Å². The zero-order chi connectivity index (χ0) is 9.68. The highest BCUT2D eigenvalue weighted by Crippen LogP contribution is 2.18. The van der Waals surface area contributed by atoms with Crippen LogP contribution in [-0.2, 0) is 0 Å². The summed E-state index contributed by atoms with van der Waals surface area (Å²) >= 11 is 2.01. The van der Waals surface area contributed by atoms with Crippen molar-refractivity contribution in [3.63, 3.8) is 0 Å². The van der Waals surface area contributed by atoms with Crippen molar-refractivity contribution >= 4 is 11.8 Å². The predicted octanol–water partition coefficient (Wildman–Crippen LogP) is 1.60. The lowest BCUT2D eigenvalue weighted by molar-refractivity contribution is 0.470. The first-order chi connectivity index (χ1) is 6.22. The maximum atomic E-state index is 5.86. The summed E-state index contributed by atoms with van der Waals surface area (Å²) in [6.45, 7) is 4.48. The first kappa shape index (κ1) is 11.3. The Morgan fingerprint density at radius 3 is 2.85 bits per heavy atom. The molecular formula is C10H22N2S. The van der Waals surface area contributed by atoms with Crippen molar-refractivity contribution in [1.29, 1.82) is 0 Å². The quantitative estimate of drug-likeness (QED) is 0.711. The maximum Gasteiger partial charge on any atom is 0.0132 e. The van der Waals surface area contributed by atoms with Gasteiger partial charge in [-0.2, -0.15) is 11.8 Å². The van der Waals surface area contributed by atoms with Crippen molar-refractivity contribution in [2.75, 3.05) is 11.5 Å². The van der Waals surface area contributed by atoms with E-state index in [9.17, 15) is 0 Å². The standard InChI is InChI=1S/C10H22N2S/c1-3-13-7-8(2)12-10-5-4-9(11)6-10/h8-10,12H,3-7,11H2,1-2H3. The molecule has 0 aromatic heterocycles. The lowest BCUT2D eigenvalue weighted by Gasteiger charge is -2.18. The number of nitrogens with two attached hydrogens (primary N) is 1. The second kappa shape index (κ2) is 5.89. The van der Waals surface area contributed by atoms with Crippen LogP contribution in [0.4, 0.5) is 0 Å². The van der Waals surface area contributed by atoms with E-state index in [1.54, 1.807) is 0 Å². The van der Waals surface area contributed by atoms with Crippen LogP contribution >= 0.6 is 11.8 Å². The molecule has 1 aliphatic rings. The van der Waals surface area contributed by atoms with Crippen molar-refractivity contribution in [2.45, 2.75) is 51.2 Å².